The Morgan fingerprint density at radius 2 is 2.27 bits per heavy atom. The number of pyridine rings is 1. The second-order valence-electron chi connectivity index (χ2n) is 5.23. The number of hydrogen-bond donors (Lipinski definition) is 0. The number of fused-ring (bicyclic) bond motifs is 2. The van der Waals surface area contributed by atoms with Crippen LogP contribution in [0, 0.1) is 5.92 Å². The molecule has 1 aromatic heterocycles. The van der Waals surface area contributed by atoms with Crippen LogP contribution in [0.1, 0.15) is 25.5 Å². The molecule has 0 amide bonds. The molecule has 2 heterocycles. The summed E-state index contributed by atoms with van der Waals surface area (Å²) in [6, 6.07) is 7.03. The zero-order valence-electron chi connectivity index (χ0n) is 9.48. The van der Waals surface area contributed by atoms with Gasteiger partial charge in [0, 0.05) is 29.9 Å². The number of nitrogens with zero attached hydrogens (tertiary/aromatic N) is 2. The predicted molar refractivity (Wildman–Crippen MR) is 60.7 cm³/mol. The third-order valence-electron chi connectivity index (χ3n) is 4.59. The SMILES string of the molecule is CN1CC2CCC1C2(C)c1ccccn1. The van der Waals surface area contributed by atoms with Gasteiger partial charge in [-0.25, -0.2) is 0 Å². The lowest BCUT2D eigenvalue weighted by atomic mass is 9.77. The predicted octanol–water partition coefficient (Wildman–Crippen LogP) is 2.06. The molecule has 3 atom stereocenters. The summed E-state index contributed by atoms with van der Waals surface area (Å²) >= 11 is 0. The zero-order valence-corrected chi connectivity index (χ0v) is 9.48. The van der Waals surface area contributed by atoms with Gasteiger partial charge in [0.25, 0.3) is 0 Å². The van der Waals surface area contributed by atoms with Crippen molar-refractivity contribution in [1.29, 1.82) is 0 Å². The Kier molecular flexibility index (Phi) is 1.90. The fourth-order valence-electron chi connectivity index (χ4n) is 3.73. The first-order valence-corrected chi connectivity index (χ1v) is 5.84. The Bertz CT molecular complexity index is 362. The summed E-state index contributed by atoms with van der Waals surface area (Å²) in [6.07, 6.45) is 4.65. The molecule has 2 bridgehead atoms. The van der Waals surface area contributed by atoms with Gasteiger partial charge in [0.15, 0.2) is 0 Å². The molecule has 0 aromatic carbocycles. The molecule has 2 aliphatic rings. The number of hydrogen-bond acceptors (Lipinski definition) is 2. The van der Waals surface area contributed by atoms with Gasteiger partial charge in [-0.1, -0.05) is 13.0 Å². The Balaban J connectivity index is 2.05. The highest BCUT2D eigenvalue weighted by Gasteiger charge is 2.55. The summed E-state index contributed by atoms with van der Waals surface area (Å²) in [5.41, 5.74) is 1.59. The van der Waals surface area contributed by atoms with E-state index in [9.17, 15) is 0 Å². The van der Waals surface area contributed by atoms with Crippen molar-refractivity contribution >= 4 is 0 Å². The normalized spacial score (nSPS) is 39.9. The van der Waals surface area contributed by atoms with E-state index in [-0.39, 0.29) is 0 Å². The van der Waals surface area contributed by atoms with Crippen LogP contribution in [-0.4, -0.2) is 29.5 Å². The first-order chi connectivity index (χ1) is 7.23. The summed E-state index contributed by atoms with van der Waals surface area (Å²) in [4.78, 5) is 7.10. The Hall–Kier alpha value is -0.890. The zero-order chi connectivity index (χ0) is 10.5. The Labute approximate surface area is 91.3 Å². The molecular formula is C13H18N2. The van der Waals surface area contributed by atoms with Crippen molar-refractivity contribution in [2.45, 2.75) is 31.2 Å². The van der Waals surface area contributed by atoms with Crippen molar-refractivity contribution in [2.75, 3.05) is 13.6 Å². The third-order valence-corrected chi connectivity index (χ3v) is 4.59. The van der Waals surface area contributed by atoms with E-state index in [1.165, 1.54) is 25.1 Å². The lowest BCUT2D eigenvalue weighted by Gasteiger charge is -2.30. The van der Waals surface area contributed by atoms with Crippen molar-refractivity contribution < 1.29 is 0 Å². The highest BCUT2D eigenvalue weighted by molar-refractivity contribution is 5.26. The topological polar surface area (TPSA) is 16.1 Å². The molecule has 0 N–H and O–H groups in total. The van der Waals surface area contributed by atoms with Crippen LogP contribution in [0.4, 0.5) is 0 Å². The van der Waals surface area contributed by atoms with Crippen LogP contribution in [-0.2, 0) is 5.41 Å². The standard InChI is InChI=1S/C13H18N2/c1-13(11-5-3-4-8-14-11)10-6-7-12(13)15(2)9-10/h3-5,8,10,12H,6-7,9H2,1-2H3. The van der Waals surface area contributed by atoms with E-state index in [4.69, 9.17) is 0 Å². The quantitative estimate of drug-likeness (QED) is 0.693. The maximum Gasteiger partial charge on any atom is 0.0481 e. The average Bonchev–Trinajstić information content (AvgIpc) is 2.71. The summed E-state index contributed by atoms with van der Waals surface area (Å²) in [5.74, 6) is 0.808. The molecule has 2 heteroatoms. The fourth-order valence-corrected chi connectivity index (χ4v) is 3.73. The number of likely N-dealkylation sites (N-methyl/N-ethyl adjacent to an activating group) is 1. The minimum atomic E-state index is 0.302. The molecule has 3 rings (SSSR count). The number of likely N-dealkylation sites (tertiary alicyclic amines) is 1. The molecule has 1 saturated heterocycles. The molecule has 0 radical (unpaired) electrons. The van der Waals surface area contributed by atoms with Crippen LogP contribution < -0.4 is 0 Å². The van der Waals surface area contributed by atoms with E-state index in [1.54, 1.807) is 0 Å². The minimum Gasteiger partial charge on any atom is -0.302 e. The van der Waals surface area contributed by atoms with Crippen LogP contribution in [0.3, 0.4) is 0 Å². The molecule has 15 heavy (non-hydrogen) atoms. The van der Waals surface area contributed by atoms with Gasteiger partial charge in [0.05, 0.1) is 0 Å². The molecule has 0 spiro atoms. The largest absolute Gasteiger partial charge is 0.302 e. The minimum absolute atomic E-state index is 0.302. The summed E-state index contributed by atoms with van der Waals surface area (Å²) in [6.45, 7) is 3.65. The van der Waals surface area contributed by atoms with Crippen molar-refractivity contribution in [3.63, 3.8) is 0 Å². The van der Waals surface area contributed by atoms with E-state index < -0.39 is 0 Å². The molecule has 3 unspecified atom stereocenters. The highest BCUT2D eigenvalue weighted by Crippen LogP contribution is 2.51. The molecule has 1 saturated carbocycles. The molecular weight excluding hydrogens is 184 g/mol. The Morgan fingerprint density at radius 3 is 2.80 bits per heavy atom. The lowest BCUT2D eigenvalue weighted by Crippen LogP contribution is -2.37. The third kappa shape index (κ3) is 1.11. The summed E-state index contributed by atoms with van der Waals surface area (Å²) in [7, 11) is 2.25. The maximum absolute atomic E-state index is 4.58. The Morgan fingerprint density at radius 1 is 1.40 bits per heavy atom. The molecule has 2 fully saturated rings. The van der Waals surface area contributed by atoms with E-state index in [0.29, 0.717) is 11.5 Å². The van der Waals surface area contributed by atoms with Crippen LogP contribution in [0.25, 0.3) is 0 Å². The van der Waals surface area contributed by atoms with Gasteiger partial charge in [-0.3, -0.25) is 4.98 Å². The second-order valence-corrected chi connectivity index (χ2v) is 5.23. The van der Waals surface area contributed by atoms with Crippen LogP contribution in [0.15, 0.2) is 24.4 Å². The molecule has 1 aromatic rings. The van der Waals surface area contributed by atoms with Crippen LogP contribution in [0.5, 0.6) is 0 Å². The van der Waals surface area contributed by atoms with Crippen molar-refractivity contribution in [1.82, 2.24) is 9.88 Å². The number of rotatable bonds is 1. The lowest BCUT2D eigenvalue weighted by molar-refractivity contribution is 0.246. The van der Waals surface area contributed by atoms with Crippen molar-refractivity contribution in [2.24, 2.45) is 5.92 Å². The van der Waals surface area contributed by atoms with Crippen molar-refractivity contribution in [3.05, 3.63) is 30.1 Å². The van der Waals surface area contributed by atoms with Gasteiger partial charge in [0.1, 0.15) is 0 Å². The number of aromatic nitrogens is 1. The van der Waals surface area contributed by atoms with E-state index >= 15 is 0 Å². The summed E-state index contributed by atoms with van der Waals surface area (Å²) < 4.78 is 0. The van der Waals surface area contributed by atoms with Gasteiger partial charge in [-0.05, 0) is 37.9 Å². The van der Waals surface area contributed by atoms with Gasteiger partial charge in [0.2, 0.25) is 0 Å². The molecule has 2 nitrogen and oxygen atoms in total. The first-order valence-electron chi connectivity index (χ1n) is 5.84. The van der Waals surface area contributed by atoms with Crippen LogP contribution >= 0.6 is 0 Å². The molecule has 1 aliphatic heterocycles. The molecule has 80 valence electrons. The smallest absolute Gasteiger partial charge is 0.0481 e. The molecule has 1 aliphatic carbocycles. The van der Waals surface area contributed by atoms with E-state index in [1.807, 2.05) is 12.3 Å². The fraction of sp³-hybridized carbons (Fsp3) is 0.615. The maximum atomic E-state index is 4.58. The van der Waals surface area contributed by atoms with Gasteiger partial charge < -0.3 is 4.90 Å². The van der Waals surface area contributed by atoms with Gasteiger partial charge in [-0.15, -0.1) is 0 Å². The van der Waals surface area contributed by atoms with Crippen LogP contribution in [0.2, 0.25) is 0 Å². The number of piperidine rings is 1. The van der Waals surface area contributed by atoms with E-state index in [2.05, 4.69) is 36.0 Å². The van der Waals surface area contributed by atoms with Gasteiger partial charge in [-0.2, -0.15) is 0 Å². The van der Waals surface area contributed by atoms with Gasteiger partial charge >= 0.3 is 0 Å². The summed E-state index contributed by atoms with van der Waals surface area (Å²) in [5, 5.41) is 0. The van der Waals surface area contributed by atoms with E-state index in [0.717, 1.165) is 5.92 Å². The average molecular weight is 202 g/mol. The monoisotopic (exact) mass is 202 g/mol. The highest BCUT2D eigenvalue weighted by atomic mass is 15.2. The first kappa shape index (κ1) is 9.34. The second kappa shape index (κ2) is 3.05. The van der Waals surface area contributed by atoms with Crippen molar-refractivity contribution in [3.8, 4) is 0 Å².